The topological polar surface area (TPSA) is 83.1 Å². The molecule has 1 heterocycles. The molecule has 23 heavy (non-hydrogen) atoms. The second-order valence-corrected chi connectivity index (χ2v) is 5.45. The first kappa shape index (κ1) is 16.7. The van der Waals surface area contributed by atoms with Crippen LogP contribution in [0.3, 0.4) is 0 Å². The van der Waals surface area contributed by atoms with E-state index >= 15 is 0 Å². The number of fused-ring (bicyclic) bond motifs is 1. The molecule has 0 saturated heterocycles. The molecule has 1 aromatic rings. The zero-order chi connectivity index (χ0) is 17.0. The number of amides is 1. The fourth-order valence-corrected chi connectivity index (χ4v) is 1.83. The first-order valence-electron chi connectivity index (χ1n) is 7.07. The van der Waals surface area contributed by atoms with Crippen molar-refractivity contribution in [3.05, 3.63) is 30.4 Å². The molecule has 1 aliphatic rings. The molecule has 0 atom stereocenters. The Balaban J connectivity index is 1.78. The zero-order valence-electron chi connectivity index (χ0n) is 13.3. The molecule has 7 heteroatoms. The van der Waals surface area contributed by atoms with Gasteiger partial charge in [0.05, 0.1) is 6.54 Å². The van der Waals surface area contributed by atoms with E-state index in [0.29, 0.717) is 22.8 Å². The van der Waals surface area contributed by atoms with Crippen molar-refractivity contribution in [2.75, 3.05) is 13.2 Å². The zero-order valence-corrected chi connectivity index (χ0v) is 13.3. The maximum absolute atomic E-state index is 11.7. The van der Waals surface area contributed by atoms with E-state index in [4.69, 9.17) is 18.9 Å². The van der Waals surface area contributed by atoms with E-state index in [1.54, 1.807) is 39.0 Å². The van der Waals surface area contributed by atoms with Gasteiger partial charge in [0.2, 0.25) is 5.79 Å². The first-order chi connectivity index (χ1) is 10.8. The number of nitrogens with one attached hydrogen (secondary N) is 1. The number of hydrogen-bond donors (Lipinski definition) is 1. The number of hydrogen-bond acceptors (Lipinski definition) is 6. The molecule has 0 unspecified atom stereocenters. The summed E-state index contributed by atoms with van der Waals surface area (Å²) >= 11 is 0. The Bertz CT molecular complexity index is 637. The molecule has 0 spiro atoms. The molecule has 1 amide bonds. The minimum absolute atomic E-state index is 0.0378. The number of ether oxygens (including phenoxy) is 4. The number of carbonyl (C=O) groups is 2. The van der Waals surface area contributed by atoms with Crippen molar-refractivity contribution in [2.24, 2.45) is 0 Å². The van der Waals surface area contributed by atoms with Crippen molar-refractivity contribution in [3.63, 3.8) is 0 Å². The summed E-state index contributed by atoms with van der Waals surface area (Å²) in [4.78, 5) is 22.8. The molecule has 0 radical (unpaired) electrons. The Morgan fingerprint density at radius 2 is 1.96 bits per heavy atom. The monoisotopic (exact) mass is 321 g/mol. The van der Waals surface area contributed by atoms with Crippen LogP contribution in [0, 0.1) is 0 Å². The summed E-state index contributed by atoms with van der Waals surface area (Å²) in [5.74, 6) is 0.182. The van der Waals surface area contributed by atoms with Crippen LogP contribution < -0.4 is 19.5 Å². The minimum atomic E-state index is -0.740. The van der Waals surface area contributed by atoms with Crippen LogP contribution in [0.25, 0.3) is 0 Å². The van der Waals surface area contributed by atoms with Crippen LogP contribution in [0.2, 0.25) is 0 Å². The molecular weight excluding hydrogens is 302 g/mol. The first-order valence-corrected chi connectivity index (χ1v) is 7.07. The van der Waals surface area contributed by atoms with Gasteiger partial charge in [-0.15, -0.1) is 0 Å². The molecule has 2 rings (SSSR count). The Hall–Kier alpha value is -2.70. The summed E-state index contributed by atoms with van der Waals surface area (Å²) in [7, 11) is 0. The maximum atomic E-state index is 11.7. The average molecular weight is 321 g/mol. The number of benzene rings is 1. The van der Waals surface area contributed by atoms with Crippen LogP contribution in [-0.4, -0.2) is 31.0 Å². The highest BCUT2D eigenvalue weighted by Crippen LogP contribution is 2.41. The SMILES string of the molecule is C=C(C)C(=O)OCCNC(=O)Oc1ccc2c(c1)OC(C)(C)O2. The second-order valence-electron chi connectivity index (χ2n) is 5.45. The largest absolute Gasteiger partial charge is 0.460 e. The van der Waals surface area contributed by atoms with Crippen LogP contribution in [0.5, 0.6) is 17.2 Å². The maximum Gasteiger partial charge on any atom is 0.412 e. The van der Waals surface area contributed by atoms with E-state index < -0.39 is 17.8 Å². The predicted octanol–water partition coefficient (Wildman–Crippen LogP) is 2.40. The van der Waals surface area contributed by atoms with Crippen molar-refractivity contribution < 1.29 is 28.5 Å². The number of carbonyl (C=O) groups excluding carboxylic acids is 2. The highest BCUT2D eigenvalue weighted by Gasteiger charge is 2.31. The quantitative estimate of drug-likeness (QED) is 0.509. The van der Waals surface area contributed by atoms with Gasteiger partial charge in [-0.2, -0.15) is 0 Å². The third-order valence-electron chi connectivity index (χ3n) is 2.79. The van der Waals surface area contributed by atoms with Crippen molar-refractivity contribution >= 4 is 12.1 Å². The molecular formula is C16H19NO6. The van der Waals surface area contributed by atoms with Crippen LogP contribution in [-0.2, 0) is 9.53 Å². The summed E-state index contributed by atoms with van der Waals surface area (Å²) in [6.07, 6.45) is -0.658. The normalized spacial score (nSPS) is 14.0. The van der Waals surface area contributed by atoms with Crippen molar-refractivity contribution in [3.8, 4) is 17.2 Å². The molecule has 1 aliphatic heterocycles. The third kappa shape index (κ3) is 4.64. The number of rotatable bonds is 5. The van der Waals surface area contributed by atoms with Gasteiger partial charge in [-0.05, 0) is 19.1 Å². The van der Waals surface area contributed by atoms with Crippen LogP contribution in [0.15, 0.2) is 30.4 Å². The molecule has 0 saturated carbocycles. The summed E-state index contributed by atoms with van der Waals surface area (Å²) in [6, 6.07) is 4.84. The van der Waals surface area contributed by atoms with Crippen molar-refractivity contribution in [1.82, 2.24) is 5.32 Å². The lowest BCUT2D eigenvalue weighted by Gasteiger charge is -2.16. The predicted molar refractivity (Wildman–Crippen MR) is 81.6 cm³/mol. The molecule has 0 fully saturated rings. The molecule has 0 aliphatic carbocycles. The van der Waals surface area contributed by atoms with Gasteiger partial charge in [0, 0.05) is 25.5 Å². The standard InChI is InChI=1S/C16H19NO6/c1-10(2)14(18)20-8-7-17-15(19)21-11-5-6-12-13(9-11)23-16(3,4)22-12/h5-6,9H,1,7-8H2,2-4H3,(H,17,19). The Kier molecular flexibility index (Phi) is 4.78. The van der Waals surface area contributed by atoms with Crippen LogP contribution in [0.1, 0.15) is 20.8 Å². The Labute approximate surface area is 134 Å². The summed E-state index contributed by atoms with van der Waals surface area (Å²) in [6.45, 7) is 8.74. The highest BCUT2D eigenvalue weighted by atomic mass is 16.7. The van der Waals surface area contributed by atoms with E-state index in [1.165, 1.54) is 0 Å². The van der Waals surface area contributed by atoms with Gasteiger partial charge in [0.15, 0.2) is 11.5 Å². The Morgan fingerprint density at radius 3 is 2.65 bits per heavy atom. The van der Waals surface area contributed by atoms with Crippen molar-refractivity contribution in [2.45, 2.75) is 26.6 Å². The van der Waals surface area contributed by atoms with E-state index in [0.717, 1.165) is 0 Å². The van der Waals surface area contributed by atoms with E-state index in [9.17, 15) is 9.59 Å². The van der Waals surface area contributed by atoms with Gasteiger partial charge in [-0.3, -0.25) is 0 Å². The van der Waals surface area contributed by atoms with Crippen LogP contribution in [0.4, 0.5) is 4.79 Å². The van der Waals surface area contributed by atoms with Gasteiger partial charge in [-0.25, -0.2) is 9.59 Å². The summed E-state index contributed by atoms with van der Waals surface area (Å²) < 4.78 is 21.1. The lowest BCUT2D eigenvalue weighted by molar-refractivity contribution is -0.138. The van der Waals surface area contributed by atoms with E-state index in [-0.39, 0.29) is 13.2 Å². The third-order valence-corrected chi connectivity index (χ3v) is 2.79. The molecule has 1 aromatic carbocycles. The molecule has 124 valence electrons. The number of esters is 1. The second kappa shape index (κ2) is 6.60. The van der Waals surface area contributed by atoms with E-state index in [1.807, 2.05) is 0 Å². The fraction of sp³-hybridized carbons (Fsp3) is 0.375. The highest BCUT2D eigenvalue weighted by molar-refractivity contribution is 5.86. The lowest BCUT2D eigenvalue weighted by atomic mass is 10.3. The average Bonchev–Trinajstić information content (AvgIpc) is 2.76. The van der Waals surface area contributed by atoms with Crippen molar-refractivity contribution in [1.29, 1.82) is 0 Å². The van der Waals surface area contributed by atoms with Gasteiger partial charge < -0.3 is 24.3 Å². The molecule has 0 bridgehead atoms. The summed E-state index contributed by atoms with van der Waals surface area (Å²) in [5, 5.41) is 2.47. The molecule has 7 nitrogen and oxygen atoms in total. The van der Waals surface area contributed by atoms with E-state index in [2.05, 4.69) is 11.9 Å². The van der Waals surface area contributed by atoms with Gasteiger partial charge in [-0.1, -0.05) is 6.58 Å². The smallest absolute Gasteiger partial charge is 0.412 e. The van der Waals surface area contributed by atoms with Gasteiger partial charge >= 0.3 is 12.1 Å². The van der Waals surface area contributed by atoms with Crippen LogP contribution >= 0.6 is 0 Å². The molecule has 1 N–H and O–H groups in total. The fourth-order valence-electron chi connectivity index (χ4n) is 1.83. The summed E-state index contributed by atoms with van der Waals surface area (Å²) in [5.41, 5.74) is 0.302. The van der Waals surface area contributed by atoms with Gasteiger partial charge in [0.25, 0.3) is 0 Å². The minimum Gasteiger partial charge on any atom is -0.460 e. The van der Waals surface area contributed by atoms with Gasteiger partial charge in [0.1, 0.15) is 12.4 Å². The lowest BCUT2D eigenvalue weighted by Crippen LogP contribution is -2.30. The molecule has 0 aromatic heterocycles. The Morgan fingerprint density at radius 1 is 1.26 bits per heavy atom.